The Morgan fingerprint density at radius 1 is 1.24 bits per heavy atom. The van der Waals surface area contributed by atoms with Crippen molar-refractivity contribution in [1.82, 2.24) is 0 Å². The largest absolute Gasteiger partial charge is 0.417 e. The standard InChI is InChI=1S/C17H16BrClN2O4/c1-17(2,3)10-4-7-15(12(18)8-10)25-16(22)20-13-6-5-11(19)9-14(13)21(23)24/h4-9H,1-3H3,(H,20,22). The van der Waals surface area contributed by atoms with E-state index in [1.165, 1.54) is 12.1 Å². The molecule has 0 unspecified atom stereocenters. The first-order valence-electron chi connectivity index (χ1n) is 7.31. The molecule has 0 fully saturated rings. The minimum atomic E-state index is -0.838. The van der Waals surface area contributed by atoms with Crippen LogP contribution in [0.4, 0.5) is 16.2 Å². The Morgan fingerprint density at radius 2 is 1.92 bits per heavy atom. The lowest BCUT2D eigenvalue weighted by Gasteiger charge is -2.20. The number of nitro groups is 1. The van der Waals surface area contributed by atoms with Crippen molar-refractivity contribution < 1.29 is 14.5 Å². The fourth-order valence-corrected chi connectivity index (χ4v) is 2.67. The van der Waals surface area contributed by atoms with Gasteiger partial charge < -0.3 is 4.74 Å². The number of nitrogens with one attached hydrogen (secondary N) is 1. The van der Waals surface area contributed by atoms with Crippen molar-refractivity contribution in [2.24, 2.45) is 0 Å². The molecule has 0 saturated heterocycles. The number of nitrogens with zero attached hydrogens (tertiary/aromatic N) is 1. The number of nitro benzene ring substituents is 1. The molecule has 0 heterocycles. The van der Waals surface area contributed by atoms with Crippen molar-refractivity contribution in [1.29, 1.82) is 0 Å². The molecule has 132 valence electrons. The van der Waals surface area contributed by atoms with E-state index >= 15 is 0 Å². The molecule has 0 aromatic heterocycles. The fraction of sp³-hybridized carbons (Fsp3) is 0.235. The number of ether oxygens (including phenoxy) is 1. The van der Waals surface area contributed by atoms with E-state index in [4.69, 9.17) is 16.3 Å². The average molecular weight is 428 g/mol. The second-order valence-corrected chi connectivity index (χ2v) is 7.62. The van der Waals surface area contributed by atoms with Gasteiger partial charge in [0, 0.05) is 11.1 Å². The van der Waals surface area contributed by atoms with Crippen LogP contribution in [0, 0.1) is 10.1 Å². The minimum absolute atomic E-state index is 0.00170. The smallest absolute Gasteiger partial charge is 0.409 e. The van der Waals surface area contributed by atoms with E-state index in [0.717, 1.165) is 11.6 Å². The summed E-state index contributed by atoms with van der Waals surface area (Å²) in [6.45, 7) is 6.21. The van der Waals surface area contributed by atoms with Gasteiger partial charge >= 0.3 is 6.09 Å². The second kappa shape index (κ2) is 7.41. The van der Waals surface area contributed by atoms with Crippen molar-refractivity contribution in [3.8, 4) is 5.75 Å². The van der Waals surface area contributed by atoms with Crippen LogP contribution in [0.5, 0.6) is 5.75 Å². The number of halogens is 2. The van der Waals surface area contributed by atoms with Crippen LogP contribution in [0.1, 0.15) is 26.3 Å². The van der Waals surface area contributed by atoms with Crippen LogP contribution < -0.4 is 10.1 Å². The topological polar surface area (TPSA) is 81.5 Å². The van der Waals surface area contributed by atoms with Crippen molar-refractivity contribution in [2.45, 2.75) is 26.2 Å². The molecule has 2 aromatic rings. The average Bonchev–Trinajstić information content (AvgIpc) is 2.49. The van der Waals surface area contributed by atoms with Crippen LogP contribution in [-0.4, -0.2) is 11.0 Å². The minimum Gasteiger partial charge on any atom is -0.409 e. The summed E-state index contributed by atoms with van der Waals surface area (Å²) >= 11 is 9.12. The lowest BCUT2D eigenvalue weighted by Crippen LogP contribution is -2.18. The predicted molar refractivity (Wildman–Crippen MR) is 101 cm³/mol. The van der Waals surface area contributed by atoms with Gasteiger partial charge in [0.2, 0.25) is 0 Å². The molecule has 0 atom stereocenters. The Hall–Kier alpha value is -2.12. The summed E-state index contributed by atoms with van der Waals surface area (Å²) in [7, 11) is 0. The third-order valence-corrected chi connectivity index (χ3v) is 4.25. The molecule has 0 aliphatic heterocycles. The van der Waals surface area contributed by atoms with E-state index in [9.17, 15) is 14.9 Å². The summed E-state index contributed by atoms with van der Waals surface area (Å²) in [4.78, 5) is 22.5. The molecule has 8 heteroatoms. The van der Waals surface area contributed by atoms with Gasteiger partial charge in [-0.15, -0.1) is 0 Å². The Labute approximate surface area is 158 Å². The molecule has 0 radical (unpaired) electrons. The van der Waals surface area contributed by atoms with Crippen LogP contribution in [0.25, 0.3) is 0 Å². The van der Waals surface area contributed by atoms with Crippen molar-refractivity contribution >= 4 is 45.0 Å². The Balaban J connectivity index is 2.18. The van der Waals surface area contributed by atoms with Gasteiger partial charge in [-0.1, -0.05) is 38.4 Å². The number of hydrogen-bond acceptors (Lipinski definition) is 4. The third kappa shape index (κ3) is 4.93. The van der Waals surface area contributed by atoms with Gasteiger partial charge in [0.25, 0.3) is 5.69 Å². The number of amides is 1. The number of carbonyl (C=O) groups is 1. The monoisotopic (exact) mass is 426 g/mol. The number of benzene rings is 2. The molecule has 25 heavy (non-hydrogen) atoms. The summed E-state index contributed by atoms with van der Waals surface area (Å²) < 4.78 is 5.84. The zero-order valence-corrected chi connectivity index (χ0v) is 16.1. The SMILES string of the molecule is CC(C)(C)c1ccc(OC(=O)Nc2ccc(Cl)cc2[N+](=O)[O-])c(Br)c1. The maximum absolute atomic E-state index is 12.1. The van der Waals surface area contributed by atoms with E-state index < -0.39 is 11.0 Å². The first-order chi connectivity index (χ1) is 11.6. The van der Waals surface area contributed by atoms with Crippen molar-refractivity contribution in [3.05, 3.63) is 61.6 Å². The third-order valence-electron chi connectivity index (χ3n) is 3.39. The zero-order valence-electron chi connectivity index (χ0n) is 13.8. The van der Waals surface area contributed by atoms with Crippen LogP contribution in [-0.2, 0) is 5.41 Å². The maximum Gasteiger partial charge on any atom is 0.417 e. The Bertz CT molecular complexity index is 834. The van der Waals surface area contributed by atoms with Gasteiger partial charge in [-0.3, -0.25) is 15.4 Å². The summed E-state index contributed by atoms with van der Waals surface area (Å²) in [6, 6.07) is 9.34. The molecule has 0 aliphatic rings. The van der Waals surface area contributed by atoms with E-state index in [1.54, 1.807) is 6.07 Å². The van der Waals surface area contributed by atoms with E-state index in [2.05, 4.69) is 42.0 Å². The number of rotatable bonds is 3. The maximum atomic E-state index is 12.1. The van der Waals surface area contributed by atoms with Gasteiger partial charge in [0.05, 0.1) is 9.40 Å². The highest BCUT2D eigenvalue weighted by molar-refractivity contribution is 9.10. The molecule has 1 amide bonds. The van der Waals surface area contributed by atoms with Crippen molar-refractivity contribution in [3.63, 3.8) is 0 Å². The molecule has 0 bridgehead atoms. The molecule has 0 aliphatic carbocycles. The van der Waals surface area contributed by atoms with Gasteiger partial charge in [0.1, 0.15) is 11.4 Å². The molecule has 2 aromatic carbocycles. The molecule has 1 N–H and O–H groups in total. The normalized spacial score (nSPS) is 11.1. The molecular weight excluding hydrogens is 412 g/mol. The Kier molecular flexibility index (Phi) is 5.69. The zero-order chi connectivity index (χ0) is 18.8. The van der Waals surface area contributed by atoms with Gasteiger partial charge in [-0.25, -0.2) is 4.79 Å². The molecular formula is C17H16BrClN2O4. The molecule has 0 saturated carbocycles. The predicted octanol–water partition coefficient (Wildman–Crippen LogP) is 5.92. The number of carbonyl (C=O) groups excluding carboxylic acids is 1. The highest BCUT2D eigenvalue weighted by Gasteiger charge is 2.19. The fourth-order valence-electron chi connectivity index (χ4n) is 2.05. The van der Waals surface area contributed by atoms with Gasteiger partial charge in [-0.2, -0.15) is 0 Å². The van der Waals surface area contributed by atoms with Crippen LogP contribution in [0.15, 0.2) is 40.9 Å². The summed E-state index contributed by atoms with van der Waals surface area (Å²) in [5.74, 6) is 0.308. The highest BCUT2D eigenvalue weighted by Crippen LogP contribution is 2.32. The lowest BCUT2D eigenvalue weighted by atomic mass is 9.87. The molecule has 2 rings (SSSR count). The quantitative estimate of drug-likeness (QED) is 0.487. The summed E-state index contributed by atoms with van der Waals surface area (Å²) in [5.41, 5.74) is 0.710. The highest BCUT2D eigenvalue weighted by atomic mass is 79.9. The number of hydrogen-bond donors (Lipinski definition) is 1. The molecule has 6 nitrogen and oxygen atoms in total. The lowest BCUT2D eigenvalue weighted by molar-refractivity contribution is -0.383. The van der Waals surface area contributed by atoms with E-state index in [-0.39, 0.29) is 21.8 Å². The van der Waals surface area contributed by atoms with Crippen LogP contribution in [0.2, 0.25) is 5.02 Å². The second-order valence-electron chi connectivity index (χ2n) is 6.33. The van der Waals surface area contributed by atoms with Gasteiger partial charge in [0.15, 0.2) is 0 Å². The van der Waals surface area contributed by atoms with E-state index in [1.807, 2.05) is 12.1 Å². The number of anilines is 1. The van der Waals surface area contributed by atoms with Crippen LogP contribution >= 0.6 is 27.5 Å². The first kappa shape index (κ1) is 19.2. The first-order valence-corrected chi connectivity index (χ1v) is 8.48. The Morgan fingerprint density at radius 3 is 2.48 bits per heavy atom. The molecule has 0 spiro atoms. The van der Waals surface area contributed by atoms with Gasteiger partial charge in [-0.05, 0) is 51.2 Å². The van der Waals surface area contributed by atoms with Crippen LogP contribution in [0.3, 0.4) is 0 Å². The van der Waals surface area contributed by atoms with E-state index in [0.29, 0.717) is 10.2 Å². The summed E-state index contributed by atoms with van der Waals surface area (Å²) in [6.07, 6.45) is -0.838. The van der Waals surface area contributed by atoms with Crippen molar-refractivity contribution in [2.75, 3.05) is 5.32 Å². The summed E-state index contributed by atoms with van der Waals surface area (Å²) in [5, 5.41) is 13.6.